The van der Waals surface area contributed by atoms with Crippen LogP contribution in [0.1, 0.15) is 37.0 Å². The molecule has 21 heavy (non-hydrogen) atoms. The predicted molar refractivity (Wildman–Crippen MR) is 81.2 cm³/mol. The van der Waals surface area contributed by atoms with Gasteiger partial charge < -0.3 is 9.64 Å². The van der Waals surface area contributed by atoms with Crippen LogP contribution in [0.4, 0.5) is 0 Å². The normalized spacial score (nSPS) is 10.5. The lowest BCUT2D eigenvalue weighted by Gasteiger charge is -2.26. The minimum atomic E-state index is -0.445. The molecule has 0 aliphatic heterocycles. The second kappa shape index (κ2) is 8.62. The maximum absolute atomic E-state index is 12.6. The van der Waals surface area contributed by atoms with Crippen LogP contribution in [-0.2, 0) is 9.53 Å². The van der Waals surface area contributed by atoms with Crippen molar-refractivity contribution >= 4 is 23.5 Å². The average Bonchev–Trinajstić information content (AvgIpc) is 2.50. The molecule has 0 unspecified atom stereocenters. The molecular formula is C15H21ClN2O3. The summed E-state index contributed by atoms with van der Waals surface area (Å²) in [6, 6.07) is 1.56. The highest BCUT2D eigenvalue weighted by atomic mass is 35.5. The summed E-state index contributed by atoms with van der Waals surface area (Å²) in [6.45, 7) is 4.55. The number of esters is 1. The largest absolute Gasteiger partial charge is 0.468 e. The van der Waals surface area contributed by atoms with Crippen molar-refractivity contribution in [2.24, 2.45) is 5.92 Å². The number of methoxy groups -OCH3 is 1. The van der Waals surface area contributed by atoms with E-state index in [1.165, 1.54) is 24.4 Å². The zero-order valence-electron chi connectivity index (χ0n) is 12.6. The molecule has 0 atom stereocenters. The summed E-state index contributed by atoms with van der Waals surface area (Å²) in [6.07, 6.45) is 4.80. The molecule has 0 fully saturated rings. The molecule has 1 rings (SSSR count). The zero-order chi connectivity index (χ0) is 15.8. The van der Waals surface area contributed by atoms with E-state index >= 15 is 0 Å². The lowest BCUT2D eigenvalue weighted by atomic mass is 10.0. The first kappa shape index (κ1) is 17.4. The fourth-order valence-corrected chi connectivity index (χ4v) is 2.22. The first-order valence-corrected chi connectivity index (χ1v) is 7.36. The molecule has 5 nitrogen and oxygen atoms in total. The van der Waals surface area contributed by atoms with Crippen LogP contribution in [0.3, 0.4) is 0 Å². The fraction of sp³-hybridized carbons (Fsp3) is 0.533. The van der Waals surface area contributed by atoms with Crippen LogP contribution in [0, 0.1) is 5.92 Å². The molecule has 1 aromatic heterocycles. The van der Waals surface area contributed by atoms with Crippen LogP contribution in [0.25, 0.3) is 0 Å². The Morgan fingerprint density at radius 3 is 2.57 bits per heavy atom. The van der Waals surface area contributed by atoms with Gasteiger partial charge in [-0.1, -0.05) is 38.3 Å². The first-order valence-electron chi connectivity index (χ1n) is 6.99. The molecule has 116 valence electrons. The standard InChI is InChI=1S/C15H21ClN2O3/c1-4-11(5-2)9-18(10-14(19)21-3)15(20)12-6-7-17-8-13(12)16/h6-8,11H,4-5,9-10H2,1-3H3. The Bertz CT molecular complexity index is 490. The molecule has 0 spiro atoms. The van der Waals surface area contributed by atoms with E-state index in [9.17, 15) is 9.59 Å². The highest BCUT2D eigenvalue weighted by Gasteiger charge is 2.23. The van der Waals surface area contributed by atoms with Crippen molar-refractivity contribution in [1.82, 2.24) is 9.88 Å². The number of hydrogen-bond donors (Lipinski definition) is 0. The SMILES string of the molecule is CCC(CC)CN(CC(=O)OC)C(=O)c1ccncc1Cl. The van der Waals surface area contributed by atoms with E-state index in [-0.39, 0.29) is 17.5 Å². The van der Waals surface area contributed by atoms with Crippen LogP contribution in [0.15, 0.2) is 18.5 Å². The summed E-state index contributed by atoms with van der Waals surface area (Å²) in [5.41, 5.74) is 0.349. The Morgan fingerprint density at radius 2 is 2.05 bits per heavy atom. The predicted octanol–water partition coefficient (Wildman–Crippen LogP) is 2.79. The molecule has 0 bridgehead atoms. The van der Waals surface area contributed by atoms with Gasteiger partial charge in [-0.15, -0.1) is 0 Å². The average molecular weight is 313 g/mol. The van der Waals surface area contributed by atoms with Gasteiger partial charge >= 0.3 is 5.97 Å². The van der Waals surface area contributed by atoms with Crippen molar-refractivity contribution in [1.29, 1.82) is 0 Å². The number of ether oxygens (including phenoxy) is 1. The molecular weight excluding hydrogens is 292 g/mol. The van der Waals surface area contributed by atoms with Crippen molar-refractivity contribution in [2.75, 3.05) is 20.2 Å². The van der Waals surface area contributed by atoms with Gasteiger partial charge in [0.15, 0.2) is 0 Å². The summed E-state index contributed by atoms with van der Waals surface area (Å²) < 4.78 is 4.67. The molecule has 1 aromatic rings. The van der Waals surface area contributed by atoms with E-state index in [4.69, 9.17) is 11.6 Å². The highest BCUT2D eigenvalue weighted by molar-refractivity contribution is 6.33. The molecule has 1 heterocycles. The number of carbonyl (C=O) groups excluding carboxylic acids is 2. The summed E-state index contributed by atoms with van der Waals surface area (Å²) in [5.74, 6) is -0.390. The van der Waals surface area contributed by atoms with Gasteiger partial charge in [0, 0.05) is 18.9 Å². The first-order chi connectivity index (χ1) is 10.0. The number of aromatic nitrogens is 1. The van der Waals surface area contributed by atoms with Crippen molar-refractivity contribution in [3.63, 3.8) is 0 Å². The van der Waals surface area contributed by atoms with Gasteiger partial charge in [0.1, 0.15) is 6.54 Å². The Hall–Kier alpha value is -1.62. The van der Waals surface area contributed by atoms with E-state index in [1.54, 1.807) is 6.07 Å². The topological polar surface area (TPSA) is 59.5 Å². The summed E-state index contributed by atoms with van der Waals surface area (Å²) in [7, 11) is 1.31. The highest BCUT2D eigenvalue weighted by Crippen LogP contribution is 2.18. The Labute approximate surface area is 130 Å². The number of halogens is 1. The summed E-state index contributed by atoms with van der Waals surface area (Å²) in [4.78, 5) is 29.5. The Kier molecular flexibility index (Phi) is 7.15. The lowest BCUT2D eigenvalue weighted by Crippen LogP contribution is -2.39. The van der Waals surface area contributed by atoms with Crippen LogP contribution in [0.5, 0.6) is 0 Å². The van der Waals surface area contributed by atoms with Crippen molar-refractivity contribution in [3.05, 3.63) is 29.0 Å². The molecule has 0 saturated carbocycles. The smallest absolute Gasteiger partial charge is 0.325 e. The maximum Gasteiger partial charge on any atom is 0.325 e. The van der Waals surface area contributed by atoms with Gasteiger partial charge in [-0.25, -0.2) is 0 Å². The molecule has 0 N–H and O–H groups in total. The van der Waals surface area contributed by atoms with E-state index < -0.39 is 5.97 Å². The third-order valence-corrected chi connectivity index (χ3v) is 3.77. The number of nitrogens with zero attached hydrogens (tertiary/aromatic N) is 2. The van der Waals surface area contributed by atoms with Crippen LogP contribution >= 0.6 is 11.6 Å². The summed E-state index contributed by atoms with van der Waals surface area (Å²) >= 11 is 6.01. The third kappa shape index (κ3) is 5.01. The molecule has 0 saturated heterocycles. The zero-order valence-corrected chi connectivity index (χ0v) is 13.4. The second-order valence-corrected chi connectivity index (χ2v) is 5.21. The maximum atomic E-state index is 12.6. The van der Waals surface area contributed by atoms with Crippen molar-refractivity contribution < 1.29 is 14.3 Å². The van der Waals surface area contributed by atoms with Crippen LogP contribution in [0.2, 0.25) is 5.02 Å². The van der Waals surface area contributed by atoms with Gasteiger partial charge in [0.25, 0.3) is 5.91 Å². The number of rotatable bonds is 7. The van der Waals surface area contributed by atoms with Crippen molar-refractivity contribution in [3.8, 4) is 0 Å². The molecule has 1 amide bonds. The third-order valence-electron chi connectivity index (χ3n) is 3.47. The van der Waals surface area contributed by atoms with Gasteiger partial charge in [0.05, 0.1) is 17.7 Å². The Morgan fingerprint density at radius 1 is 1.38 bits per heavy atom. The van der Waals surface area contributed by atoms with E-state index in [0.717, 1.165) is 12.8 Å². The molecule has 0 aliphatic rings. The van der Waals surface area contributed by atoms with Gasteiger partial charge in [0.2, 0.25) is 0 Å². The van der Waals surface area contributed by atoms with Gasteiger partial charge in [-0.05, 0) is 12.0 Å². The minimum Gasteiger partial charge on any atom is -0.468 e. The van der Waals surface area contributed by atoms with Crippen molar-refractivity contribution in [2.45, 2.75) is 26.7 Å². The monoisotopic (exact) mass is 312 g/mol. The number of hydrogen-bond acceptors (Lipinski definition) is 4. The summed E-state index contributed by atoms with van der Waals surface area (Å²) in [5, 5.41) is 0.280. The minimum absolute atomic E-state index is 0.0789. The lowest BCUT2D eigenvalue weighted by molar-refractivity contribution is -0.141. The number of amides is 1. The quantitative estimate of drug-likeness (QED) is 0.726. The van der Waals surface area contributed by atoms with Crippen LogP contribution < -0.4 is 0 Å². The Balaban J connectivity index is 2.96. The molecule has 6 heteroatoms. The number of carbonyl (C=O) groups is 2. The fourth-order valence-electron chi connectivity index (χ4n) is 2.02. The van der Waals surface area contributed by atoms with E-state index in [0.29, 0.717) is 18.0 Å². The second-order valence-electron chi connectivity index (χ2n) is 4.80. The number of pyridine rings is 1. The van der Waals surface area contributed by atoms with Crippen LogP contribution in [-0.4, -0.2) is 42.0 Å². The molecule has 0 radical (unpaired) electrons. The molecule has 0 aliphatic carbocycles. The molecule has 0 aromatic carbocycles. The van der Waals surface area contributed by atoms with E-state index in [2.05, 4.69) is 23.6 Å². The van der Waals surface area contributed by atoms with E-state index in [1.807, 2.05) is 0 Å². The van der Waals surface area contributed by atoms with Gasteiger partial charge in [-0.2, -0.15) is 0 Å². The van der Waals surface area contributed by atoms with Gasteiger partial charge in [-0.3, -0.25) is 14.6 Å².